The van der Waals surface area contributed by atoms with Gasteiger partial charge in [0.2, 0.25) is 5.91 Å². The Morgan fingerprint density at radius 1 is 0.938 bits per heavy atom. The Morgan fingerprint density at radius 2 is 1.53 bits per heavy atom. The number of sulfonamides is 1. The molecular weight excluding hydrogens is 424 g/mol. The summed E-state index contributed by atoms with van der Waals surface area (Å²) < 4.78 is 33.3. The molecule has 0 radical (unpaired) electrons. The van der Waals surface area contributed by atoms with Gasteiger partial charge in [-0.25, -0.2) is 8.42 Å². The van der Waals surface area contributed by atoms with Crippen LogP contribution in [0.5, 0.6) is 5.75 Å². The number of rotatable bonds is 10. The van der Waals surface area contributed by atoms with E-state index in [4.69, 9.17) is 4.74 Å². The predicted molar refractivity (Wildman–Crippen MR) is 126 cm³/mol. The molecule has 1 N–H and O–H groups in total. The van der Waals surface area contributed by atoms with Crippen molar-refractivity contribution < 1.29 is 17.9 Å². The molecule has 3 aromatic carbocycles. The van der Waals surface area contributed by atoms with E-state index >= 15 is 0 Å². The van der Waals surface area contributed by atoms with Crippen molar-refractivity contribution in [3.05, 3.63) is 90.5 Å². The van der Waals surface area contributed by atoms with Gasteiger partial charge >= 0.3 is 0 Å². The quantitative estimate of drug-likeness (QED) is 0.500. The minimum absolute atomic E-state index is 0.102. The van der Waals surface area contributed by atoms with Crippen LogP contribution in [0.2, 0.25) is 0 Å². The lowest BCUT2D eigenvalue weighted by Gasteiger charge is -2.24. The summed E-state index contributed by atoms with van der Waals surface area (Å²) in [6.07, 6.45) is 0. The maximum atomic E-state index is 13.4. The zero-order chi connectivity index (χ0) is 23.0. The molecule has 0 aliphatic carbocycles. The molecule has 6 nitrogen and oxygen atoms in total. The van der Waals surface area contributed by atoms with E-state index in [0.717, 1.165) is 9.87 Å². The number of carbonyl (C=O) groups excluding carboxylic acids is 1. The Kier molecular flexibility index (Phi) is 7.89. The third-order valence-electron chi connectivity index (χ3n) is 5.03. The van der Waals surface area contributed by atoms with E-state index in [0.29, 0.717) is 24.6 Å². The molecule has 0 aromatic heterocycles. The highest BCUT2D eigenvalue weighted by Crippen LogP contribution is 2.26. The molecule has 168 valence electrons. The molecule has 0 aliphatic rings. The Balaban J connectivity index is 1.80. The molecule has 1 amide bonds. The molecule has 0 spiro atoms. The lowest BCUT2D eigenvalue weighted by atomic mass is 10.0. The van der Waals surface area contributed by atoms with Gasteiger partial charge in [0.15, 0.2) is 0 Å². The van der Waals surface area contributed by atoms with Crippen LogP contribution in [-0.4, -0.2) is 34.0 Å². The number of ether oxygens (including phenoxy) is 1. The van der Waals surface area contributed by atoms with Crippen LogP contribution < -0.4 is 14.4 Å². The molecule has 0 heterocycles. The molecular formula is C25H28N2O4S. The van der Waals surface area contributed by atoms with Crippen molar-refractivity contribution in [2.75, 3.05) is 24.0 Å². The van der Waals surface area contributed by atoms with Crippen LogP contribution >= 0.6 is 0 Å². The van der Waals surface area contributed by atoms with E-state index in [-0.39, 0.29) is 23.3 Å². The van der Waals surface area contributed by atoms with Crippen LogP contribution in [0.15, 0.2) is 89.8 Å². The Morgan fingerprint density at radius 3 is 2.12 bits per heavy atom. The van der Waals surface area contributed by atoms with E-state index < -0.39 is 10.0 Å². The molecule has 3 aromatic rings. The second-order valence-corrected chi connectivity index (χ2v) is 9.23. The van der Waals surface area contributed by atoms with E-state index in [1.54, 1.807) is 42.5 Å². The smallest absolute Gasteiger partial charge is 0.264 e. The number of anilines is 1. The lowest BCUT2D eigenvalue weighted by Crippen LogP contribution is -2.41. The molecule has 0 bridgehead atoms. The second kappa shape index (κ2) is 10.8. The monoisotopic (exact) mass is 452 g/mol. The Hall–Kier alpha value is -3.32. The second-order valence-electron chi connectivity index (χ2n) is 7.37. The van der Waals surface area contributed by atoms with Crippen molar-refractivity contribution in [2.45, 2.75) is 24.7 Å². The molecule has 1 atom stereocenters. The lowest BCUT2D eigenvalue weighted by molar-refractivity contribution is -0.119. The average molecular weight is 453 g/mol. The largest absolute Gasteiger partial charge is 0.494 e. The van der Waals surface area contributed by atoms with Crippen molar-refractivity contribution in [3.8, 4) is 5.75 Å². The molecule has 32 heavy (non-hydrogen) atoms. The standard InChI is InChI=1S/C25H28N2O4S/c1-3-31-23-16-14-22(15-17-23)27(32(29,30)24-12-8-5-9-13-24)19-25(28)26-18-20(2)21-10-6-4-7-11-21/h4-17,20H,3,18-19H2,1-2H3,(H,26,28). The van der Waals surface area contributed by atoms with Crippen molar-refractivity contribution in [2.24, 2.45) is 0 Å². The van der Waals surface area contributed by atoms with Crippen molar-refractivity contribution in [1.82, 2.24) is 5.32 Å². The minimum Gasteiger partial charge on any atom is -0.494 e. The third-order valence-corrected chi connectivity index (χ3v) is 6.82. The number of hydrogen-bond acceptors (Lipinski definition) is 4. The topological polar surface area (TPSA) is 75.7 Å². The first kappa shape index (κ1) is 23.3. The summed E-state index contributed by atoms with van der Waals surface area (Å²) in [7, 11) is -3.93. The number of hydrogen-bond donors (Lipinski definition) is 1. The van der Waals surface area contributed by atoms with Crippen LogP contribution in [0.1, 0.15) is 25.3 Å². The van der Waals surface area contributed by atoms with Gasteiger partial charge in [0, 0.05) is 6.54 Å². The van der Waals surface area contributed by atoms with Crippen LogP contribution in [0, 0.1) is 0 Å². The highest BCUT2D eigenvalue weighted by Gasteiger charge is 2.27. The van der Waals surface area contributed by atoms with Crippen LogP contribution in [0.3, 0.4) is 0 Å². The fourth-order valence-electron chi connectivity index (χ4n) is 3.26. The van der Waals surface area contributed by atoms with Gasteiger partial charge in [0.25, 0.3) is 10.0 Å². The number of nitrogens with one attached hydrogen (secondary N) is 1. The summed E-state index contributed by atoms with van der Waals surface area (Å²) >= 11 is 0. The van der Waals surface area contributed by atoms with Gasteiger partial charge < -0.3 is 10.1 Å². The Bertz CT molecular complexity index is 1100. The SMILES string of the molecule is CCOc1ccc(N(CC(=O)NCC(C)c2ccccc2)S(=O)(=O)c2ccccc2)cc1. The highest BCUT2D eigenvalue weighted by molar-refractivity contribution is 7.92. The number of benzene rings is 3. The number of nitrogens with zero attached hydrogens (tertiary/aromatic N) is 1. The van der Waals surface area contributed by atoms with Gasteiger partial charge in [0.05, 0.1) is 17.2 Å². The van der Waals surface area contributed by atoms with E-state index in [9.17, 15) is 13.2 Å². The maximum absolute atomic E-state index is 13.4. The van der Waals surface area contributed by atoms with E-state index in [2.05, 4.69) is 5.32 Å². The summed E-state index contributed by atoms with van der Waals surface area (Å²) in [6, 6.07) is 24.6. The molecule has 0 saturated heterocycles. The van der Waals surface area contributed by atoms with Gasteiger partial charge in [0.1, 0.15) is 12.3 Å². The van der Waals surface area contributed by atoms with Crippen molar-refractivity contribution >= 4 is 21.6 Å². The van der Waals surface area contributed by atoms with E-state index in [1.807, 2.05) is 44.2 Å². The van der Waals surface area contributed by atoms with Crippen molar-refractivity contribution in [3.63, 3.8) is 0 Å². The summed E-state index contributed by atoms with van der Waals surface area (Å²) in [5, 5.41) is 2.87. The maximum Gasteiger partial charge on any atom is 0.264 e. The van der Waals surface area contributed by atoms with E-state index in [1.165, 1.54) is 12.1 Å². The normalized spacial score (nSPS) is 12.1. The first-order valence-electron chi connectivity index (χ1n) is 10.5. The fraction of sp³-hybridized carbons (Fsp3) is 0.240. The first-order valence-corrected chi connectivity index (χ1v) is 12.0. The van der Waals surface area contributed by atoms with Gasteiger partial charge in [-0.15, -0.1) is 0 Å². The molecule has 3 rings (SSSR count). The van der Waals surface area contributed by atoms with Crippen molar-refractivity contribution in [1.29, 1.82) is 0 Å². The van der Waals surface area contributed by atoms with Gasteiger partial charge in [-0.2, -0.15) is 0 Å². The summed E-state index contributed by atoms with van der Waals surface area (Å²) in [5.41, 5.74) is 1.50. The Labute approximate surface area is 189 Å². The number of amides is 1. The number of carbonyl (C=O) groups is 1. The molecule has 1 unspecified atom stereocenters. The molecule has 0 aliphatic heterocycles. The van der Waals surface area contributed by atoms with Gasteiger partial charge in [-0.05, 0) is 54.8 Å². The molecule has 0 fully saturated rings. The van der Waals surface area contributed by atoms with Crippen LogP contribution in [0.4, 0.5) is 5.69 Å². The zero-order valence-electron chi connectivity index (χ0n) is 18.3. The van der Waals surface area contributed by atoms with Gasteiger partial charge in [-0.1, -0.05) is 55.5 Å². The summed E-state index contributed by atoms with van der Waals surface area (Å²) in [6.45, 7) is 4.48. The molecule has 0 saturated carbocycles. The zero-order valence-corrected chi connectivity index (χ0v) is 19.1. The van der Waals surface area contributed by atoms with Crippen LogP contribution in [-0.2, 0) is 14.8 Å². The first-order chi connectivity index (χ1) is 15.4. The van der Waals surface area contributed by atoms with Gasteiger partial charge in [-0.3, -0.25) is 9.10 Å². The van der Waals surface area contributed by atoms with Crippen LogP contribution in [0.25, 0.3) is 0 Å². The average Bonchev–Trinajstić information content (AvgIpc) is 2.83. The molecule has 7 heteroatoms. The summed E-state index contributed by atoms with van der Waals surface area (Å²) in [4.78, 5) is 12.9. The predicted octanol–water partition coefficient (Wildman–Crippen LogP) is 4.20. The minimum atomic E-state index is -3.93. The fourth-order valence-corrected chi connectivity index (χ4v) is 4.70. The summed E-state index contributed by atoms with van der Waals surface area (Å²) in [5.74, 6) is 0.362. The third kappa shape index (κ3) is 5.88. The highest BCUT2D eigenvalue weighted by atomic mass is 32.2.